The number of benzene rings is 2. The van der Waals surface area contributed by atoms with Crippen molar-refractivity contribution in [3.05, 3.63) is 69.7 Å². The first kappa shape index (κ1) is 20.3. The largest absolute Gasteiger partial charge is 0.416 e. The normalized spacial score (nSPS) is 12.1. The Labute approximate surface area is 156 Å². The Balaban J connectivity index is 1.98. The summed E-state index contributed by atoms with van der Waals surface area (Å²) in [5.41, 5.74) is 1.33. The van der Waals surface area contributed by atoms with Gasteiger partial charge < -0.3 is 5.32 Å². The lowest BCUT2D eigenvalue weighted by molar-refractivity contribution is -0.137. The second kappa shape index (κ2) is 7.70. The summed E-state index contributed by atoms with van der Waals surface area (Å²) in [7, 11) is 0. The van der Waals surface area contributed by atoms with Gasteiger partial charge in [-0.3, -0.25) is 4.79 Å². The number of hydrogen-bond acceptors (Lipinski definition) is 1. The second-order valence-corrected chi connectivity index (χ2v) is 7.62. The summed E-state index contributed by atoms with van der Waals surface area (Å²) < 4.78 is 38.1. The van der Waals surface area contributed by atoms with Crippen LogP contribution in [0.1, 0.15) is 43.0 Å². The van der Waals surface area contributed by atoms with Gasteiger partial charge in [-0.25, -0.2) is 0 Å². The Morgan fingerprint density at radius 2 is 1.73 bits per heavy atom. The van der Waals surface area contributed by atoms with Gasteiger partial charge in [-0.2, -0.15) is 13.2 Å². The predicted molar refractivity (Wildman–Crippen MR) is 97.1 cm³/mol. The van der Waals surface area contributed by atoms with Crippen LogP contribution >= 0.6 is 11.6 Å². The van der Waals surface area contributed by atoms with Gasteiger partial charge in [-0.15, -0.1) is 0 Å². The number of carbonyl (C=O) groups is 1. The molecule has 2 nitrogen and oxygen atoms in total. The minimum atomic E-state index is -4.42. The summed E-state index contributed by atoms with van der Waals surface area (Å²) in [4.78, 5) is 12.0. The third kappa shape index (κ3) is 5.49. The molecule has 2 rings (SSSR count). The molecule has 140 valence electrons. The van der Waals surface area contributed by atoms with Crippen LogP contribution < -0.4 is 5.32 Å². The van der Waals surface area contributed by atoms with Gasteiger partial charge in [0, 0.05) is 11.6 Å². The fraction of sp³-hybridized carbons (Fsp3) is 0.350. The van der Waals surface area contributed by atoms with Crippen LogP contribution in [0.4, 0.5) is 13.2 Å². The van der Waals surface area contributed by atoms with Crippen molar-refractivity contribution < 1.29 is 18.0 Å². The van der Waals surface area contributed by atoms with Crippen molar-refractivity contribution in [3.8, 4) is 0 Å². The van der Waals surface area contributed by atoms with Gasteiger partial charge in [0.05, 0.1) is 12.0 Å². The number of alkyl halides is 3. The molecule has 2 aromatic rings. The van der Waals surface area contributed by atoms with E-state index in [1.807, 2.05) is 12.1 Å². The molecule has 0 bridgehead atoms. The third-order valence-corrected chi connectivity index (χ3v) is 4.26. The van der Waals surface area contributed by atoms with E-state index in [0.717, 1.165) is 23.3 Å². The van der Waals surface area contributed by atoms with Crippen molar-refractivity contribution in [2.45, 2.75) is 45.3 Å². The first-order chi connectivity index (χ1) is 12.0. The molecule has 1 amide bonds. The predicted octanol–water partition coefficient (Wildman–Crippen LogP) is 5.52. The summed E-state index contributed by atoms with van der Waals surface area (Å²) in [5, 5.41) is 3.34. The zero-order valence-electron chi connectivity index (χ0n) is 14.9. The van der Waals surface area contributed by atoms with Crippen LogP contribution in [-0.2, 0) is 29.4 Å². The van der Waals surface area contributed by atoms with E-state index in [4.69, 9.17) is 11.6 Å². The Bertz CT molecular complexity index is 794. The van der Waals surface area contributed by atoms with Crippen LogP contribution in [0, 0.1) is 0 Å². The highest BCUT2D eigenvalue weighted by Crippen LogP contribution is 2.30. The van der Waals surface area contributed by atoms with Gasteiger partial charge in [0.15, 0.2) is 0 Å². The molecular formula is C20H21ClF3NO. The molecule has 0 aromatic heterocycles. The highest BCUT2D eigenvalue weighted by molar-refractivity contribution is 6.31. The van der Waals surface area contributed by atoms with Crippen LogP contribution in [-0.4, -0.2) is 5.91 Å². The maximum Gasteiger partial charge on any atom is 0.416 e. The van der Waals surface area contributed by atoms with Crippen LogP contribution in [0.15, 0.2) is 42.5 Å². The van der Waals surface area contributed by atoms with E-state index in [1.54, 1.807) is 6.07 Å². The van der Waals surface area contributed by atoms with E-state index in [9.17, 15) is 18.0 Å². The molecule has 1 N–H and O–H groups in total. The smallest absolute Gasteiger partial charge is 0.352 e. The number of carbonyl (C=O) groups excluding carboxylic acids is 1. The molecule has 0 spiro atoms. The van der Waals surface area contributed by atoms with E-state index in [2.05, 4.69) is 26.1 Å². The van der Waals surface area contributed by atoms with Crippen molar-refractivity contribution in [2.75, 3.05) is 0 Å². The first-order valence-corrected chi connectivity index (χ1v) is 8.56. The molecule has 0 saturated carbocycles. The van der Waals surface area contributed by atoms with Gasteiger partial charge in [0.2, 0.25) is 5.91 Å². The van der Waals surface area contributed by atoms with E-state index in [1.165, 1.54) is 12.1 Å². The summed E-state index contributed by atoms with van der Waals surface area (Å²) in [6.45, 7) is 6.45. The van der Waals surface area contributed by atoms with Crippen LogP contribution in [0.3, 0.4) is 0 Å². The standard InChI is InChI=1S/C20H21ClF3NO/c1-19(2,3)16-8-7-14(10-17(16)21)12-25-18(26)11-13-5-4-6-15(9-13)20(22,23)24/h4-10H,11-12H2,1-3H3,(H,25,26). The summed E-state index contributed by atoms with van der Waals surface area (Å²) in [6, 6.07) is 10.4. The van der Waals surface area contributed by atoms with Gasteiger partial charge in [-0.1, -0.05) is 62.7 Å². The first-order valence-electron chi connectivity index (χ1n) is 8.18. The lowest BCUT2D eigenvalue weighted by atomic mass is 9.86. The van der Waals surface area contributed by atoms with Crippen LogP contribution in [0.2, 0.25) is 5.02 Å². The Hall–Kier alpha value is -2.01. The molecule has 0 radical (unpaired) electrons. The van der Waals surface area contributed by atoms with Gasteiger partial charge in [0.1, 0.15) is 0 Å². The minimum absolute atomic E-state index is 0.0810. The molecule has 0 aliphatic carbocycles. The van der Waals surface area contributed by atoms with Gasteiger partial charge in [-0.05, 0) is 34.2 Å². The maximum absolute atomic E-state index is 12.7. The SMILES string of the molecule is CC(C)(C)c1ccc(CNC(=O)Cc2cccc(C(F)(F)F)c2)cc1Cl. The molecule has 0 aliphatic heterocycles. The molecule has 26 heavy (non-hydrogen) atoms. The summed E-state index contributed by atoms with van der Waals surface area (Å²) in [6.07, 6.45) is -4.53. The molecule has 2 aromatic carbocycles. The number of amides is 1. The number of nitrogens with one attached hydrogen (secondary N) is 1. The van der Waals surface area contributed by atoms with Crippen molar-refractivity contribution in [3.63, 3.8) is 0 Å². The van der Waals surface area contributed by atoms with E-state index >= 15 is 0 Å². The number of hydrogen-bond donors (Lipinski definition) is 1. The van der Waals surface area contributed by atoms with Crippen molar-refractivity contribution in [1.82, 2.24) is 5.32 Å². The zero-order chi connectivity index (χ0) is 19.5. The molecule has 6 heteroatoms. The van der Waals surface area contributed by atoms with Gasteiger partial charge >= 0.3 is 6.18 Å². The summed E-state index contributed by atoms with van der Waals surface area (Å²) >= 11 is 6.30. The molecule has 0 fully saturated rings. The Morgan fingerprint density at radius 3 is 2.31 bits per heavy atom. The van der Waals surface area contributed by atoms with E-state index < -0.39 is 11.7 Å². The van der Waals surface area contributed by atoms with Crippen molar-refractivity contribution >= 4 is 17.5 Å². The average molecular weight is 384 g/mol. The monoisotopic (exact) mass is 383 g/mol. The van der Waals surface area contributed by atoms with Crippen molar-refractivity contribution in [1.29, 1.82) is 0 Å². The van der Waals surface area contributed by atoms with Gasteiger partial charge in [0.25, 0.3) is 0 Å². The lowest BCUT2D eigenvalue weighted by Crippen LogP contribution is -2.24. The van der Waals surface area contributed by atoms with E-state index in [-0.39, 0.29) is 24.3 Å². The fourth-order valence-electron chi connectivity index (χ4n) is 2.58. The number of halogens is 4. The quantitative estimate of drug-likeness (QED) is 0.740. The maximum atomic E-state index is 12.7. The molecule has 0 saturated heterocycles. The zero-order valence-corrected chi connectivity index (χ0v) is 15.6. The average Bonchev–Trinajstić information content (AvgIpc) is 2.51. The topological polar surface area (TPSA) is 29.1 Å². The lowest BCUT2D eigenvalue weighted by Gasteiger charge is -2.21. The highest BCUT2D eigenvalue weighted by atomic mass is 35.5. The molecule has 0 aliphatic rings. The third-order valence-electron chi connectivity index (χ3n) is 3.95. The van der Waals surface area contributed by atoms with Crippen LogP contribution in [0.25, 0.3) is 0 Å². The Kier molecular flexibility index (Phi) is 6.02. The number of rotatable bonds is 4. The molecule has 0 unspecified atom stereocenters. The second-order valence-electron chi connectivity index (χ2n) is 7.22. The van der Waals surface area contributed by atoms with Crippen LogP contribution in [0.5, 0.6) is 0 Å². The molecular weight excluding hydrogens is 363 g/mol. The van der Waals surface area contributed by atoms with Crippen molar-refractivity contribution in [2.24, 2.45) is 0 Å². The van der Waals surface area contributed by atoms with E-state index in [0.29, 0.717) is 10.6 Å². The summed E-state index contributed by atoms with van der Waals surface area (Å²) in [5.74, 6) is -0.347. The minimum Gasteiger partial charge on any atom is -0.352 e. The Morgan fingerprint density at radius 1 is 1.04 bits per heavy atom. The fourth-order valence-corrected chi connectivity index (χ4v) is 3.07. The molecule has 0 atom stereocenters. The molecule has 0 heterocycles. The highest BCUT2D eigenvalue weighted by Gasteiger charge is 2.30.